The molecule has 1 rings (SSSR count). The van der Waals surface area contributed by atoms with Gasteiger partial charge in [0.1, 0.15) is 0 Å². The molecule has 0 aliphatic heterocycles. The second-order valence-electron chi connectivity index (χ2n) is 1.59. The minimum atomic E-state index is -0.421. The lowest BCUT2D eigenvalue weighted by Gasteiger charge is -1.96. The smallest absolute Gasteiger partial charge is 0.271 e. The molecule has 4 heteroatoms. The molecule has 0 aliphatic rings. The number of nitrogens with zero attached hydrogens (tertiary/aromatic N) is 1. The molecule has 0 radical (unpaired) electrons. The maximum atomic E-state index is 10.5. The SMILES string of the molecule is Nn1c(O)cccc1=O. The van der Waals surface area contributed by atoms with Gasteiger partial charge in [-0.05, 0) is 0 Å². The van der Waals surface area contributed by atoms with E-state index < -0.39 is 5.56 Å². The maximum Gasteiger partial charge on any atom is 0.271 e. The van der Waals surface area contributed by atoms with Gasteiger partial charge in [-0.25, -0.2) is 0 Å². The maximum absolute atomic E-state index is 10.5. The molecular formula is C5H6N2O2. The van der Waals surface area contributed by atoms with E-state index in [4.69, 9.17) is 10.9 Å². The second kappa shape index (κ2) is 1.81. The molecule has 0 amide bonds. The Hall–Kier alpha value is -1.45. The third-order valence-electron chi connectivity index (χ3n) is 0.968. The molecule has 1 aromatic rings. The van der Waals surface area contributed by atoms with Crippen LogP contribution >= 0.6 is 0 Å². The quantitative estimate of drug-likeness (QED) is 0.450. The number of hydrogen-bond acceptors (Lipinski definition) is 3. The number of aromatic hydroxyl groups is 1. The van der Waals surface area contributed by atoms with Crippen molar-refractivity contribution in [2.45, 2.75) is 0 Å². The van der Waals surface area contributed by atoms with Crippen LogP contribution in [0, 0.1) is 0 Å². The fourth-order valence-electron chi connectivity index (χ4n) is 0.490. The van der Waals surface area contributed by atoms with Crippen molar-refractivity contribution in [1.29, 1.82) is 0 Å². The Morgan fingerprint density at radius 2 is 2.22 bits per heavy atom. The number of hydrogen-bond donors (Lipinski definition) is 2. The van der Waals surface area contributed by atoms with Crippen LogP contribution in [0.5, 0.6) is 5.88 Å². The first-order chi connectivity index (χ1) is 4.22. The lowest BCUT2D eigenvalue weighted by Crippen LogP contribution is -2.25. The number of aromatic nitrogens is 1. The van der Waals surface area contributed by atoms with Crippen molar-refractivity contribution in [2.75, 3.05) is 5.84 Å². The third kappa shape index (κ3) is 0.861. The Labute approximate surface area is 51.1 Å². The lowest BCUT2D eigenvalue weighted by atomic mass is 10.5. The van der Waals surface area contributed by atoms with E-state index in [1.54, 1.807) is 0 Å². The molecule has 48 valence electrons. The lowest BCUT2D eigenvalue weighted by molar-refractivity contribution is 0.430. The Bertz CT molecular complexity index is 266. The molecule has 4 nitrogen and oxygen atoms in total. The van der Waals surface area contributed by atoms with Gasteiger partial charge in [-0.3, -0.25) is 4.79 Å². The van der Waals surface area contributed by atoms with E-state index >= 15 is 0 Å². The van der Waals surface area contributed by atoms with Gasteiger partial charge in [0, 0.05) is 12.1 Å². The molecule has 0 spiro atoms. The number of rotatable bonds is 0. The van der Waals surface area contributed by atoms with Crippen molar-refractivity contribution in [3.05, 3.63) is 28.6 Å². The van der Waals surface area contributed by atoms with Crippen molar-refractivity contribution in [3.8, 4) is 5.88 Å². The predicted molar refractivity (Wildman–Crippen MR) is 32.5 cm³/mol. The molecule has 0 atom stereocenters. The first-order valence-electron chi connectivity index (χ1n) is 2.38. The monoisotopic (exact) mass is 126 g/mol. The largest absolute Gasteiger partial charge is 0.493 e. The molecule has 0 aliphatic carbocycles. The van der Waals surface area contributed by atoms with E-state index in [1.165, 1.54) is 18.2 Å². The van der Waals surface area contributed by atoms with E-state index in [-0.39, 0.29) is 5.88 Å². The van der Waals surface area contributed by atoms with Gasteiger partial charge in [0.25, 0.3) is 5.56 Å². The summed E-state index contributed by atoms with van der Waals surface area (Å²) in [4.78, 5) is 10.5. The third-order valence-corrected chi connectivity index (χ3v) is 0.968. The molecule has 9 heavy (non-hydrogen) atoms. The first-order valence-corrected chi connectivity index (χ1v) is 2.38. The molecule has 3 N–H and O–H groups in total. The topological polar surface area (TPSA) is 68.2 Å². The summed E-state index contributed by atoms with van der Waals surface area (Å²) in [6.07, 6.45) is 0. The van der Waals surface area contributed by atoms with Gasteiger partial charge in [-0.2, -0.15) is 4.68 Å². The molecule has 0 saturated carbocycles. The van der Waals surface area contributed by atoms with Crippen LogP contribution < -0.4 is 11.4 Å². The Balaban J connectivity index is 3.43. The average Bonchev–Trinajstić information content (AvgIpc) is 1.83. The van der Waals surface area contributed by atoms with Crippen molar-refractivity contribution in [1.82, 2.24) is 4.68 Å². The van der Waals surface area contributed by atoms with Crippen molar-refractivity contribution in [2.24, 2.45) is 0 Å². The van der Waals surface area contributed by atoms with Crippen molar-refractivity contribution < 1.29 is 5.11 Å². The van der Waals surface area contributed by atoms with Crippen LogP contribution in [0.1, 0.15) is 0 Å². The Kier molecular flexibility index (Phi) is 1.14. The van der Waals surface area contributed by atoms with E-state index in [0.717, 1.165) is 0 Å². The molecule has 1 heterocycles. The zero-order valence-electron chi connectivity index (χ0n) is 4.61. The van der Waals surface area contributed by atoms with Crippen LogP contribution in [0.3, 0.4) is 0 Å². The highest BCUT2D eigenvalue weighted by atomic mass is 16.3. The van der Waals surface area contributed by atoms with Gasteiger partial charge in [0.05, 0.1) is 0 Å². The summed E-state index contributed by atoms with van der Waals surface area (Å²) >= 11 is 0. The zero-order valence-corrected chi connectivity index (χ0v) is 4.61. The minimum absolute atomic E-state index is 0.234. The molecule has 0 aromatic carbocycles. The number of nitrogens with two attached hydrogens (primary N) is 1. The molecule has 1 aromatic heterocycles. The van der Waals surface area contributed by atoms with Crippen LogP contribution in [0.15, 0.2) is 23.0 Å². The van der Waals surface area contributed by atoms with Crippen LogP contribution in [0.25, 0.3) is 0 Å². The Morgan fingerprint density at radius 1 is 1.56 bits per heavy atom. The molecule has 0 unspecified atom stereocenters. The Morgan fingerprint density at radius 3 is 2.67 bits per heavy atom. The van der Waals surface area contributed by atoms with Gasteiger partial charge >= 0.3 is 0 Å². The van der Waals surface area contributed by atoms with E-state index in [1.807, 2.05) is 0 Å². The van der Waals surface area contributed by atoms with Gasteiger partial charge in [-0.1, -0.05) is 6.07 Å². The molecule has 0 bridgehead atoms. The fraction of sp³-hybridized carbons (Fsp3) is 0. The highest BCUT2D eigenvalue weighted by molar-refractivity contribution is 5.10. The van der Waals surface area contributed by atoms with Gasteiger partial charge in [0.2, 0.25) is 5.88 Å². The fourth-order valence-corrected chi connectivity index (χ4v) is 0.490. The molecule has 0 saturated heterocycles. The van der Waals surface area contributed by atoms with E-state index in [9.17, 15) is 4.79 Å². The number of nitrogen functional groups attached to an aromatic ring is 1. The minimum Gasteiger partial charge on any atom is -0.493 e. The summed E-state index contributed by atoms with van der Waals surface area (Å²) in [5, 5.41) is 8.74. The summed E-state index contributed by atoms with van der Waals surface area (Å²) in [6, 6.07) is 4.03. The summed E-state index contributed by atoms with van der Waals surface area (Å²) in [5.74, 6) is 4.80. The summed E-state index contributed by atoms with van der Waals surface area (Å²) in [5.41, 5.74) is -0.421. The predicted octanol–water partition coefficient (Wildman–Crippen LogP) is -0.732. The van der Waals surface area contributed by atoms with Crippen LogP contribution in [0.4, 0.5) is 0 Å². The summed E-state index contributed by atoms with van der Waals surface area (Å²) in [7, 11) is 0. The highest BCUT2D eigenvalue weighted by Crippen LogP contribution is 1.96. The second-order valence-corrected chi connectivity index (χ2v) is 1.59. The zero-order chi connectivity index (χ0) is 6.85. The average molecular weight is 126 g/mol. The standard InChI is InChI=1S/C5H6N2O2/c6-7-4(8)2-1-3-5(7)9/h1-3,8H,6H2. The van der Waals surface area contributed by atoms with Crippen molar-refractivity contribution in [3.63, 3.8) is 0 Å². The van der Waals surface area contributed by atoms with Gasteiger partial charge in [0.15, 0.2) is 0 Å². The number of pyridine rings is 1. The van der Waals surface area contributed by atoms with Gasteiger partial charge < -0.3 is 10.9 Å². The molecular weight excluding hydrogens is 120 g/mol. The van der Waals surface area contributed by atoms with Crippen LogP contribution in [-0.4, -0.2) is 9.78 Å². The van der Waals surface area contributed by atoms with E-state index in [0.29, 0.717) is 4.68 Å². The van der Waals surface area contributed by atoms with Crippen molar-refractivity contribution >= 4 is 0 Å². The first kappa shape index (κ1) is 5.68. The van der Waals surface area contributed by atoms with Gasteiger partial charge in [-0.15, -0.1) is 0 Å². The highest BCUT2D eigenvalue weighted by Gasteiger charge is 1.92. The van der Waals surface area contributed by atoms with E-state index in [2.05, 4.69) is 0 Å². The summed E-state index contributed by atoms with van der Waals surface area (Å²) in [6.45, 7) is 0. The van der Waals surface area contributed by atoms with Crippen LogP contribution in [-0.2, 0) is 0 Å². The summed E-state index contributed by atoms with van der Waals surface area (Å²) < 4.78 is 0.667. The van der Waals surface area contributed by atoms with Crippen LogP contribution in [0.2, 0.25) is 0 Å². The normalized spacial score (nSPS) is 9.33. The molecule has 0 fully saturated rings.